The fourth-order valence-electron chi connectivity index (χ4n) is 1.94. The zero-order chi connectivity index (χ0) is 18.5. The molecule has 8 heteroatoms. The van der Waals surface area contributed by atoms with Crippen LogP contribution in [0.15, 0.2) is 18.2 Å². The summed E-state index contributed by atoms with van der Waals surface area (Å²) in [4.78, 5) is 22.3. The van der Waals surface area contributed by atoms with E-state index in [4.69, 9.17) is 21.7 Å². The van der Waals surface area contributed by atoms with Crippen molar-refractivity contribution >= 4 is 29.0 Å². The van der Waals surface area contributed by atoms with Gasteiger partial charge in [0.15, 0.2) is 0 Å². The van der Waals surface area contributed by atoms with Crippen LogP contribution in [0.2, 0.25) is 5.02 Å². The third-order valence-electron chi connectivity index (χ3n) is 3.04. The standard InChI is InChI=1S/C16H22ClN3O4/c1-10(7-13(18)15(21)24-16(2,3)4)19-9-11-5-6-12(17)8-14(11)20(22)23/h5-6,8,10,18-19H,7,9H2,1-4H3. The molecule has 0 bridgehead atoms. The van der Waals surface area contributed by atoms with Gasteiger partial charge in [0.2, 0.25) is 0 Å². The van der Waals surface area contributed by atoms with Crippen LogP contribution >= 0.6 is 11.6 Å². The number of hydrogen-bond donors (Lipinski definition) is 2. The van der Waals surface area contributed by atoms with E-state index in [1.54, 1.807) is 39.8 Å². The van der Waals surface area contributed by atoms with E-state index in [1.165, 1.54) is 6.07 Å². The summed E-state index contributed by atoms with van der Waals surface area (Å²) in [6.07, 6.45) is 0.163. The van der Waals surface area contributed by atoms with Crippen molar-refractivity contribution in [2.45, 2.75) is 52.3 Å². The maximum atomic E-state index is 11.8. The molecule has 0 aromatic heterocycles. The Labute approximate surface area is 146 Å². The van der Waals surface area contributed by atoms with Crippen LogP contribution in [0.5, 0.6) is 0 Å². The van der Waals surface area contributed by atoms with Gasteiger partial charge in [-0.05, 0) is 39.8 Å². The van der Waals surface area contributed by atoms with Gasteiger partial charge < -0.3 is 10.1 Å². The smallest absolute Gasteiger partial charge is 0.352 e. The first kappa shape index (κ1) is 20.1. The van der Waals surface area contributed by atoms with Gasteiger partial charge in [-0.15, -0.1) is 0 Å². The minimum Gasteiger partial charge on any atom is -0.456 e. The Hall–Kier alpha value is -1.99. The maximum absolute atomic E-state index is 11.8. The molecule has 1 rings (SSSR count). The lowest BCUT2D eigenvalue weighted by atomic mass is 10.1. The Morgan fingerprint density at radius 2 is 2.08 bits per heavy atom. The number of nitrogens with one attached hydrogen (secondary N) is 2. The molecule has 0 aliphatic rings. The van der Waals surface area contributed by atoms with Crippen LogP contribution in [0.3, 0.4) is 0 Å². The average Bonchev–Trinajstić information content (AvgIpc) is 2.43. The molecule has 0 saturated carbocycles. The Bertz CT molecular complexity index is 641. The number of nitrogens with zero attached hydrogens (tertiary/aromatic N) is 1. The molecule has 0 fully saturated rings. The van der Waals surface area contributed by atoms with E-state index >= 15 is 0 Å². The molecular formula is C16H22ClN3O4. The van der Waals surface area contributed by atoms with Gasteiger partial charge in [-0.1, -0.05) is 11.6 Å². The first-order chi connectivity index (χ1) is 11.0. The quantitative estimate of drug-likeness (QED) is 0.337. The normalized spacial score (nSPS) is 12.5. The fourth-order valence-corrected chi connectivity index (χ4v) is 2.11. The summed E-state index contributed by atoms with van der Waals surface area (Å²) >= 11 is 5.78. The average molecular weight is 356 g/mol. The fraction of sp³-hybridized carbons (Fsp3) is 0.500. The summed E-state index contributed by atoms with van der Waals surface area (Å²) in [5, 5.41) is 22.2. The number of rotatable bonds is 7. The zero-order valence-electron chi connectivity index (χ0n) is 14.2. The van der Waals surface area contributed by atoms with Crippen LogP contribution in [0.25, 0.3) is 0 Å². The number of esters is 1. The van der Waals surface area contributed by atoms with Crippen molar-refractivity contribution in [3.63, 3.8) is 0 Å². The number of nitro benzene ring substituents is 1. The summed E-state index contributed by atoms with van der Waals surface area (Å²) in [6, 6.07) is 4.24. The highest BCUT2D eigenvalue weighted by atomic mass is 35.5. The largest absolute Gasteiger partial charge is 0.456 e. The molecule has 0 radical (unpaired) electrons. The Morgan fingerprint density at radius 1 is 1.46 bits per heavy atom. The molecule has 1 unspecified atom stereocenters. The molecule has 1 atom stereocenters. The Morgan fingerprint density at radius 3 is 2.62 bits per heavy atom. The van der Waals surface area contributed by atoms with Gasteiger partial charge in [-0.3, -0.25) is 15.5 Å². The maximum Gasteiger partial charge on any atom is 0.352 e. The van der Waals surface area contributed by atoms with E-state index in [0.29, 0.717) is 10.6 Å². The first-order valence-electron chi connectivity index (χ1n) is 7.46. The van der Waals surface area contributed by atoms with E-state index < -0.39 is 16.5 Å². The summed E-state index contributed by atoms with van der Waals surface area (Å²) < 4.78 is 5.13. The number of nitro groups is 1. The predicted octanol–water partition coefficient (Wildman–Crippen LogP) is 3.48. The number of ether oxygens (including phenoxy) is 1. The minimum atomic E-state index is -0.659. The molecule has 0 saturated heterocycles. The van der Waals surface area contributed by atoms with Crippen molar-refractivity contribution in [3.05, 3.63) is 38.9 Å². The van der Waals surface area contributed by atoms with Crippen LogP contribution in [0.1, 0.15) is 39.7 Å². The number of hydrogen-bond acceptors (Lipinski definition) is 6. The molecule has 1 aromatic carbocycles. The van der Waals surface area contributed by atoms with Gasteiger partial charge in [0.05, 0.1) is 4.92 Å². The van der Waals surface area contributed by atoms with Crippen molar-refractivity contribution in [2.24, 2.45) is 0 Å². The molecule has 0 heterocycles. The topological polar surface area (TPSA) is 105 Å². The van der Waals surface area contributed by atoms with Crippen molar-refractivity contribution in [3.8, 4) is 0 Å². The van der Waals surface area contributed by atoms with E-state index in [0.717, 1.165) is 0 Å². The molecule has 0 spiro atoms. The summed E-state index contributed by atoms with van der Waals surface area (Å²) in [5.41, 5.74) is -0.371. The van der Waals surface area contributed by atoms with Crippen LogP contribution in [-0.2, 0) is 16.1 Å². The van der Waals surface area contributed by atoms with Gasteiger partial charge in [0.1, 0.15) is 11.3 Å². The second-order valence-corrected chi connectivity index (χ2v) is 6.93. The second kappa shape index (κ2) is 8.21. The number of halogens is 1. The molecule has 1 aromatic rings. The Balaban J connectivity index is 2.61. The van der Waals surface area contributed by atoms with E-state index in [2.05, 4.69) is 5.32 Å². The molecule has 2 N–H and O–H groups in total. The molecule has 0 aliphatic carbocycles. The van der Waals surface area contributed by atoms with Crippen molar-refractivity contribution < 1.29 is 14.5 Å². The lowest BCUT2D eigenvalue weighted by molar-refractivity contribution is -0.385. The monoisotopic (exact) mass is 355 g/mol. The summed E-state index contributed by atoms with van der Waals surface area (Å²) in [7, 11) is 0. The van der Waals surface area contributed by atoms with Crippen molar-refractivity contribution in [1.82, 2.24) is 5.32 Å². The number of benzene rings is 1. The number of carbonyl (C=O) groups is 1. The molecule has 24 heavy (non-hydrogen) atoms. The lowest BCUT2D eigenvalue weighted by Gasteiger charge is -2.20. The van der Waals surface area contributed by atoms with E-state index in [9.17, 15) is 14.9 Å². The SMILES string of the molecule is CC(CC(=N)C(=O)OC(C)(C)C)NCc1ccc(Cl)cc1[N+](=O)[O-]. The lowest BCUT2D eigenvalue weighted by Crippen LogP contribution is -2.34. The molecule has 7 nitrogen and oxygen atoms in total. The third-order valence-corrected chi connectivity index (χ3v) is 3.28. The van der Waals surface area contributed by atoms with Crippen LogP contribution in [-0.4, -0.2) is 28.2 Å². The van der Waals surface area contributed by atoms with Crippen LogP contribution in [0, 0.1) is 15.5 Å². The Kier molecular flexibility index (Phi) is 6.86. The number of carbonyl (C=O) groups excluding carboxylic acids is 1. The predicted molar refractivity (Wildman–Crippen MR) is 92.6 cm³/mol. The minimum absolute atomic E-state index is 0.0654. The van der Waals surface area contributed by atoms with Crippen LogP contribution in [0.4, 0.5) is 5.69 Å². The van der Waals surface area contributed by atoms with Gasteiger partial charge in [0, 0.05) is 35.7 Å². The second-order valence-electron chi connectivity index (χ2n) is 6.50. The highest BCUT2D eigenvalue weighted by molar-refractivity contribution is 6.35. The summed E-state index contributed by atoms with van der Waals surface area (Å²) in [5.74, 6) is -0.659. The van der Waals surface area contributed by atoms with Crippen molar-refractivity contribution in [2.75, 3.05) is 0 Å². The van der Waals surface area contributed by atoms with E-state index in [1.807, 2.05) is 0 Å². The van der Waals surface area contributed by atoms with E-state index in [-0.39, 0.29) is 30.4 Å². The highest BCUT2D eigenvalue weighted by Gasteiger charge is 2.22. The molecule has 0 aliphatic heterocycles. The van der Waals surface area contributed by atoms with Crippen molar-refractivity contribution in [1.29, 1.82) is 5.41 Å². The molecule has 0 amide bonds. The highest BCUT2D eigenvalue weighted by Crippen LogP contribution is 2.23. The molecular weight excluding hydrogens is 334 g/mol. The summed E-state index contributed by atoms with van der Waals surface area (Å²) in [6.45, 7) is 7.23. The molecule has 132 valence electrons. The van der Waals surface area contributed by atoms with Gasteiger partial charge in [-0.2, -0.15) is 0 Å². The van der Waals surface area contributed by atoms with Crippen LogP contribution < -0.4 is 5.32 Å². The zero-order valence-corrected chi connectivity index (χ0v) is 14.9. The first-order valence-corrected chi connectivity index (χ1v) is 7.84. The van der Waals surface area contributed by atoms with Gasteiger partial charge in [-0.25, -0.2) is 4.79 Å². The van der Waals surface area contributed by atoms with Gasteiger partial charge >= 0.3 is 5.97 Å². The van der Waals surface area contributed by atoms with Gasteiger partial charge in [0.25, 0.3) is 5.69 Å². The third kappa shape index (κ3) is 6.64.